The summed E-state index contributed by atoms with van der Waals surface area (Å²) in [7, 11) is 0. The number of nitrogens with zero attached hydrogens (tertiary/aromatic N) is 3. The van der Waals surface area contributed by atoms with Crippen molar-refractivity contribution in [2.24, 2.45) is 5.41 Å². The lowest BCUT2D eigenvalue weighted by molar-refractivity contribution is 0.271. The van der Waals surface area contributed by atoms with Crippen LogP contribution in [0.4, 0.5) is 0 Å². The van der Waals surface area contributed by atoms with Crippen LogP contribution in [0.1, 0.15) is 46.9 Å². The van der Waals surface area contributed by atoms with Crippen LogP contribution in [-0.2, 0) is 13.0 Å². The van der Waals surface area contributed by atoms with Gasteiger partial charge in [-0.1, -0.05) is 27.7 Å². The van der Waals surface area contributed by atoms with Gasteiger partial charge in [0.25, 0.3) is 0 Å². The first-order valence-corrected chi connectivity index (χ1v) is 6.61. The van der Waals surface area contributed by atoms with E-state index in [2.05, 4.69) is 50.0 Å². The molecular formula is C13H26N4. The molecule has 1 N–H and O–H groups in total. The van der Waals surface area contributed by atoms with Gasteiger partial charge in [0.15, 0.2) is 0 Å². The summed E-state index contributed by atoms with van der Waals surface area (Å²) in [5.74, 6) is 1.10. The van der Waals surface area contributed by atoms with Gasteiger partial charge < -0.3 is 5.32 Å². The molecule has 4 nitrogen and oxygen atoms in total. The SMILES string of the molecule is CCn1ncnc1CC(C)(CC)CNC(C)C. The van der Waals surface area contributed by atoms with E-state index >= 15 is 0 Å². The third-order valence-electron chi connectivity index (χ3n) is 3.37. The Hall–Kier alpha value is -0.900. The number of aryl methyl sites for hydroxylation is 1. The Balaban J connectivity index is 2.67. The Morgan fingerprint density at radius 1 is 1.41 bits per heavy atom. The Kier molecular flexibility index (Phi) is 5.12. The molecule has 1 unspecified atom stereocenters. The van der Waals surface area contributed by atoms with E-state index in [1.165, 1.54) is 0 Å². The van der Waals surface area contributed by atoms with E-state index in [9.17, 15) is 0 Å². The van der Waals surface area contributed by atoms with Crippen molar-refractivity contribution in [3.63, 3.8) is 0 Å². The third-order valence-corrected chi connectivity index (χ3v) is 3.37. The van der Waals surface area contributed by atoms with Crippen molar-refractivity contribution in [1.29, 1.82) is 0 Å². The summed E-state index contributed by atoms with van der Waals surface area (Å²) >= 11 is 0. The molecule has 0 bridgehead atoms. The molecule has 1 rings (SSSR count). The molecule has 0 aliphatic carbocycles. The standard InChI is InChI=1S/C13H26N4/c1-6-13(5,9-14-11(3)4)8-12-15-10-16-17(12)7-2/h10-11,14H,6-9H2,1-5H3. The van der Waals surface area contributed by atoms with E-state index in [0.29, 0.717) is 6.04 Å². The quantitative estimate of drug-likeness (QED) is 0.792. The summed E-state index contributed by atoms with van der Waals surface area (Å²) in [5.41, 5.74) is 0.254. The van der Waals surface area contributed by atoms with Gasteiger partial charge in [0, 0.05) is 25.6 Å². The fourth-order valence-corrected chi connectivity index (χ4v) is 1.83. The van der Waals surface area contributed by atoms with Crippen molar-refractivity contribution in [2.75, 3.05) is 6.54 Å². The normalized spacial score (nSPS) is 15.2. The van der Waals surface area contributed by atoms with Crippen molar-refractivity contribution in [3.05, 3.63) is 12.2 Å². The zero-order valence-corrected chi connectivity index (χ0v) is 11.8. The van der Waals surface area contributed by atoms with Crippen LogP contribution in [0.5, 0.6) is 0 Å². The highest BCUT2D eigenvalue weighted by Crippen LogP contribution is 2.25. The summed E-state index contributed by atoms with van der Waals surface area (Å²) in [5, 5.41) is 7.76. The molecule has 0 saturated carbocycles. The lowest BCUT2D eigenvalue weighted by Gasteiger charge is -2.29. The van der Waals surface area contributed by atoms with Crippen LogP contribution in [0.15, 0.2) is 6.33 Å². The average Bonchev–Trinajstić information content (AvgIpc) is 2.73. The highest BCUT2D eigenvalue weighted by molar-refractivity contribution is 4.93. The second kappa shape index (κ2) is 6.15. The molecule has 0 aliphatic rings. The number of nitrogens with one attached hydrogen (secondary N) is 1. The van der Waals surface area contributed by atoms with Gasteiger partial charge >= 0.3 is 0 Å². The van der Waals surface area contributed by atoms with Crippen molar-refractivity contribution < 1.29 is 0 Å². The van der Waals surface area contributed by atoms with Gasteiger partial charge in [0.1, 0.15) is 12.2 Å². The zero-order valence-electron chi connectivity index (χ0n) is 11.8. The maximum Gasteiger partial charge on any atom is 0.138 e. The fraction of sp³-hybridized carbons (Fsp3) is 0.846. The van der Waals surface area contributed by atoms with Crippen LogP contribution in [0.25, 0.3) is 0 Å². The number of hydrogen-bond donors (Lipinski definition) is 1. The largest absolute Gasteiger partial charge is 0.314 e. The summed E-state index contributed by atoms with van der Waals surface area (Å²) in [4.78, 5) is 4.37. The van der Waals surface area contributed by atoms with E-state index in [-0.39, 0.29) is 5.41 Å². The zero-order chi connectivity index (χ0) is 12.9. The van der Waals surface area contributed by atoms with Crippen molar-refractivity contribution >= 4 is 0 Å². The Morgan fingerprint density at radius 3 is 2.65 bits per heavy atom. The van der Waals surface area contributed by atoms with Crippen LogP contribution < -0.4 is 5.32 Å². The molecule has 0 saturated heterocycles. The second-order valence-corrected chi connectivity index (χ2v) is 5.37. The van der Waals surface area contributed by atoms with Gasteiger partial charge in [-0.25, -0.2) is 4.98 Å². The molecular weight excluding hydrogens is 212 g/mol. The van der Waals surface area contributed by atoms with Gasteiger partial charge in [-0.3, -0.25) is 4.68 Å². The minimum atomic E-state index is 0.254. The first-order valence-electron chi connectivity index (χ1n) is 6.61. The summed E-state index contributed by atoms with van der Waals surface area (Å²) in [6.07, 6.45) is 3.78. The minimum Gasteiger partial charge on any atom is -0.314 e. The van der Waals surface area contributed by atoms with E-state index in [0.717, 1.165) is 31.8 Å². The van der Waals surface area contributed by atoms with Crippen LogP contribution >= 0.6 is 0 Å². The Labute approximate surface area is 105 Å². The number of aromatic nitrogens is 3. The topological polar surface area (TPSA) is 42.7 Å². The molecule has 0 amide bonds. The summed E-state index contributed by atoms with van der Waals surface area (Å²) in [6, 6.07) is 0.532. The fourth-order valence-electron chi connectivity index (χ4n) is 1.83. The third kappa shape index (κ3) is 4.11. The monoisotopic (exact) mass is 238 g/mol. The molecule has 0 spiro atoms. The molecule has 98 valence electrons. The maximum atomic E-state index is 4.37. The molecule has 0 radical (unpaired) electrons. The molecule has 1 heterocycles. The lowest BCUT2D eigenvalue weighted by Crippen LogP contribution is -2.37. The van der Waals surface area contributed by atoms with Gasteiger partial charge in [-0.2, -0.15) is 5.10 Å². The van der Waals surface area contributed by atoms with Crippen molar-refractivity contribution in [2.45, 2.75) is 60.0 Å². The summed E-state index contributed by atoms with van der Waals surface area (Å²) in [6.45, 7) is 13.0. The van der Waals surface area contributed by atoms with Crippen LogP contribution in [0.2, 0.25) is 0 Å². The first-order chi connectivity index (χ1) is 8.00. The van der Waals surface area contributed by atoms with Crippen molar-refractivity contribution in [1.82, 2.24) is 20.1 Å². The van der Waals surface area contributed by atoms with Crippen LogP contribution in [0.3, 0.4) is 0 Å². The van der Waals surface area contributed by atoms with Crippen molar-refractivity contribution in [3.8, 4) is 0 Å². The van der Waals surface area contributed by atoms with Gasteiger partial charge in [0.05, 0.1) is 0 Å². The molecule has 0 fully saturated rings. The van der Waals surface area contributed by atoms with Gasteiger partial charge in [-0.05, 0) is 18.8 Å². The highest BCUT2D eigenvalue weighted by atomic mass is 15.3. The van der Waals surface area contributed by atoms with E-state index in [4.69, 9.17) is 0 Å². The number of rotatable bonds is 7. The first kappa shape index (κ1) is 14.2. The Morgan fingerprint density at radius 2 is 2.12 bits per heavy atom. The van der Waals surface area contributed by atoms with Crippen LogP contribution in [-0.4, -0.2) is 27.4 Å². The average molecular weight is 238 g/mol. The lowest BCUT2D eigenvalue weighted by atomic mass is 9.83. The Bertz CT molecular complexity index is 332. The van der Waals surface area contributed by atoms with Gasteiger partial charge in [-0.15, -0.1) is 0 Å². The molecule has 1 atom stereocenters. The smallest absolute Gasteiger partial charge is 0.138 e. The second-order valence-electron chi connectivity index (χ2n) is 5.37. The summed E-state index contributed by atoms with van der Waals surface area (Å²) < 4.78 is 1.99. The predicted molar refractivity (Wildman–Crippen MR) is 70.9 cm³/mol. The van der Waals surface area contributed by atoms with E-state index in [1.54, 1.807) is 6.33 Å². The molecule has 17 heavy (non-hydrogen) atoms. The molecule has 0 aromatic carbocycles. The van der Waals surface area contributed by atoms with Crippen LogP contribution in [0, 0.1) is 5.41 Å². The van der Waals surface area contributed by atoms with E-state index < -0.39 is 0 Å². The highest BCUT2D eigenvalue weighted by Gasteiger charge is 2.25. The maximum absolute atomic E-state index is 4.37. The molecule has 0 aliphatic heterocycles. The van der Waals surface area contributed by atoms with Gasteiger partial charge in [0.2, 0.25) is 0 Å². The number of hydrogen-bond acceptors (Lipinski definition) is 3. The molecule has 1 aromatic heterocycles. The predicted octanol–water partition coefficient (Wildman–Crippen LogP) is 2.25. The molecule has 4 heteroatoms. The minimum absolute atomic E-state index is 0.254. The molecule has 1 aromatic rings. The van der Waals surface area contributed by atoms with E-state index in [1.807, 2.05) is 4.68 Å².